The Bertz CT molecular complexity index is 164. The Hall–Kier alpha value is 0.250. The van der Waals surface area contributed by atoms with Crippen molar-refractivity contribution in [1.82, 2.24) is 5.32 Å². The van der Waals surface area contributed by atoms with Gasteiger partial charge in [0.15, 0.2) is 0 Å². The molecule has 0 aromatic rings. The molecule has 0 saturated heterocycles. The van der Waals surface area contributed by atoms with E-state index in [0.717, 1.165) is 6.04 Å². The lowest BCUT2D eigenvalue weighted by Gasteiger charge is -2.23. The first kappa shape index (κ1) is 10.8. The number of hydrogen-bond acceptors (Lipinski definition) is 1. The molecule has 2 aliphatic rings. The van der Waals surface area contributed by atoms with Crippen LogP contribution in [0.4, 0.5) is 0 Å². The van der Waals surface area contributed by atoms with E-state index in [1.807, 2.05) is 0 Å². The van der Waals surface area contributed by atoms with Crippen molar-refractivity contribution in [2.24, 2.45) is 0 Å². The molecule has 0 aliphatic heterocycles. The molecule has 2 saturated carbocycles. The summed E-state index contributed by atoms with van der Waals surface area (Å²) in [5.41, 5.74) is 0. The SMILES string of the molecule is ClC1CCCC1NC1CCCCCC1. The molecule has 2 atom stereocenters. The molecule has 2 rings (SSSR count). The molecule has 2 aliphatic carbocycles. The van der Waals surface area contributed by atoms with Crippen LogP contribution in [0.1, 0.15) is 57.8 Å². The van der Waals surface area contributed by atoms with E-state index in [1.165, 1.54) is 57.8 Å². The highest BCUT2D eigenvalue weighted by molar-refractivity contribution is 6.21. The van der Waals surface area contributed by atoms with Gasteiger partial charge in [-0.15, -0.1) is 11.6 Å². The molecule has 2 unspecified atom stereocenters. The van der Waals surface area contributed by atoms with Crippen LogP contribution in [-0.2, 0) is 0 Å². The Morgan fingerprint density at radius 1 is 0.786 bits per heavy atom. The minimum absolute atomic E-state index is 0.401. The molecule has 2 fully saturated rings. The van der Waals surface area contributed by atoms with E-state index in [0.29, 0.717) is 11.4 Å². The highest BCUT2D eigenvalue weighted by atomic mass is 35.5. The van der Waals surface area contributed by atoms with E-state index in [2.05, 4.69) is 5.32 Å². The number of hydrogen-bond donors (Lipinski definition) is 1. The fraction of sp³-hybridized carbons (Fsp3) is 1.00. The quantitative estimate of drug-likeness (QED) is 0.550. The number of halogens is 1. The summed E-state index contributed by atoms with van der Waals surface area (Å²) in [4.78, 5) is 0. The predicted molar refractivity (Wildman–Crippen MR) is 61.9 cm³/mol. The van der Waals surface area contributed by atoms with Gasteiger partial charge in [0.1, 0.15) is 0 Å². The maximum Gasteiger partial charge on any atom is 0.0489 e. The lowest BCUT2D eigenvalue weighted by Crippen LogP contribution is -2.40. The Balaban J connectivity index is 1.77. The number of nitrogens with one attached hydrogen (secondary N) is 1. The fourth-order valence-corrected chi connectivity index (χ4v) is 3.20. The Kier molecular flexibility index (Phi) is 4.12. The second-order valence-electron chi connectivity index (χ2n) is 4.91. The molecule has 0 radical (unpaired) electrons. The van der Waals surface area contributed by atoms with Gasteiger partial charge in [-0.05, 0) is 25.7 Å². The van der Waals surface area contributed by atoms with Crippen molar-refractivity contribution >= 4 is 11.6 Å². The van der Waals surface area contributed by atoms with Crippen LogP contribution in [0, 0.1) is 0 Å². The summed E-state index contributed by atoms with van der Waals surface area (Å²) in [6.07, 6.45) is 12.3. The van der Waals surface area contributed by atoms with Gasteiger partial charge in [-0.2, -0.15) is 0 Å². The molecule has 0 spiro atoms. The van der Waals surface area contributed by atoms with Crippen molar-refractivity contribution in [3.8, 4) is 0 Å². The normalized spacial score (nSPS) is 35.8. The van der Waals surface area contributed by atoms with Gasteiger partial charge in [0.05, 0.1) is 0 Å². The lowest BCUT2D eigenvalue weighted by atomic mass is 10.1. The zero-order valence-electron chi connectivity index (χ0n) is 8.97. The average molecular weight is 216 g/mol. The van der Waals surface area contributed by atoms with Crippen molar-refractivity contribution < 1.29 is 0 Å². The van der Waals surface area contributed by atoms with Crippen LogP contribution in [0.2, 0.25) is 0 Å². The van der Waals surface area contributed by atoms with E-state index >= 15 is 0 Å². The summed E-state index contributed by atoms with van der Waals surface area (Å²) < 4.78 is 0. The van der Waals surface area contributed by atoms with Crippen molar-refractivity contribution in [2.75, 3.05) is 0 Å². The maximum absolute atomic E-state index is 6.28. The predicted octanol–water partition coefficient (Wildman–Crippen LogP) is 3.46. The van der Waals surface area contributed by atoms with Crippen LogP contribution < -0.4 is 5.32 Å². The summed E-state index contributed by atoms with van der Waals surface area (Å²) in [6.45, 7) is 0. The van der Waals surface area contributed by atoms with E-state index in [-0.39, 0.29) is 0 Å². The molecule has 1 nitrogen and oxygen atoms in total. The monoisotopic (exact) mass is 215 g/mol. The summed E-state index contributed by atoms with van der Waals surface area (Å²) in [6, 6.07) is 1.38. The smallest absolute Gasteiger partial charge is 0.0489 e. The van der Waals surface area contributed by atoms with Gasteiger partial charge in [0.2, 0.25) is 0 Å². The molecule has 2 heteroatoms. The molecule has 0 aromatic carbocycles. The van der Waals surface area contributed by atoms with Gasteiger partial charge in [-0.3, -0.25) is 0 Å². The Labute approximate surface area is 92.6 Å². The molecular weight excluding hydrogens is 194 g/mol. The third-order valence-corrected chi connectivity index (χ3v) is 4.26. The highest BCUT2D eigenvalue weighted by Gasteiger charge is 2.27. The minimum Gasteiger partial charge on any atom is -0.310 e. The van der Waals surface area contributed by atoms with Crippen molar-refractivity contribution in [3.05, 3.63) is 0 Å². The second kappa shape index (κ2) is 5.37. The van der Waals surface area contributed by atoms with Gasteiger partial charge >= 0.3 is 0 Å². The van der Waals surface area contributed by atoms with Crippen LogP contribution in [0.15, 0.2) is 0 Å². The molecular formula is C12H22ClN. The third-order valence-electron chi connectivity index (χ3n) is 3.74. The average Bonchev–Trinajstić information content (AvgIpc) is 2.44. The zero-order valence-corrected chi connectivity index (χ0v) is 9.73. The van der Waals surface area contributed by atoms with Gasteiger partial charge in [0, 0.05) is 17.5 Å². The van der Waals surface area contributed by atoms with Gasteiger partial charge in [-0.25, -0.2) is 0 Å². The van der Waals surface area contributed by atoms with Crippen molar-refractivity contribution in [2.45, 2.75) is 75.2 Å². The number of alkyl halides is 1. The molecule has 14 heavy (non-hydrogen) atoms. The topological polar surface area (TPSA) is 12.0 Å². The minimum atomic E-state index is 0.401. The molecule has 1 N–H and O–H groups in total. The van der Waals surface area contributed by atoms with E-state index < -0.39 is 0 Å². The Morgan fingerprint density at radius 3 is 2.07 bits per heavy atom. The molecule has 82 valence electrons. The molecule has 0 amide bonds. The van der Waals surface area contributed by atoms with Crippen LogP contribution in [0.5, 0.6) is 0 Å². The van der Waals surface area contributed by atoms with Crippen LogP contribution in [0.25, 0.3) is 0 Å². The van der Waals surface area contributed by atoms with E-state index in [9.17, 15) is 0 Å². The molecule has 0 aromatic heterocycles. The largest absolute Gasteiger partial charge is 0.310 e. The molecule has 0 heterocycles. The Morgan fingerprint density at radius 2 is 1.50 bits per heavy atom. The summed E-state index contributed by atoms with van der Waals surface area (Å²) >= 11 is 6.28. The summed E-state index contributed by atoms with van der Waals surface area (Å²) in [5.74, 6) is 0. The van der Waals surface area contributed by atoms with Gasteiger partial charge in [0.25, 0.3) is 0 Å². The summed E-state index contributed by atoms with van der Waals surface area (Å²) in [7, 11) is 0. The third kappa shape index (κ3) is 2.87. The standard InChI is InChI=1S/C12H22ClN/c13-11-8-5-9-12(11)14-10-6-3-1-2-4-7-10/h10-12,14H,1-9H2. The number of rotatable bonds is 2. The second-order valence-corrected chi connectivity index (χ2v) is 5.47. The van der Waals surface area contributed by atoms with Gasteiger partial charge < -0.3 is 5.32 Å². The van der Waals surface area contributed by atoms with E-state index in [1.54, 1.807) is 0 Å². The van der Waals surface area contributed by atoms with E-state index in [4.69, 9.17) is 11.6 Å². The van der Waals surface area contributed by atoms with Crippen molar-refractivity contribution in [3.63, 3.8) is 0 Å². The zero-order chi connectivity index (χ0) is 9.80. The van der Waals surface area contributed by atoms with Gasteiger partial charge in [-0.1, -0.05) is 32.1 Å². The maximum atomic E-state index is 6.28. The fourth-order valence-electron chi connectivity index (χ4n) is 2.85. The first-order chi connectivity index (χ1) is 6.86. The first-order valence-electron chi connectivity index (χ1n) is 6.26. The molecule has 0 bridgehead atoms. The highest BCUT2D eigenvalue weighted by Crippen LogP contribution is 2.26. The van der Waals surface area contributed by atoms with Crippen molar-refractivity contribution in [1.29, 1.82) is 0 Å². The summed E-state index contributed by atoms with van der Waals surface area (Å²) in [5, 5.41) is 4.18. The van der Waals surface area contributed by atoms with Crippen LogP contribution >= 0.6 is 11.6 Å². The lowest BCUT2D eigenvalue weighted by molar-refractivity contribution is 0.398. The van der Waals surface area contributed by atoms with Crippen LogP contribution in [0.3, 0.4) is 0 Å². The first-order valence-corrected chi connectivity index (χ1v) is 6.70. The van der Waals surface area contributed by atoms with Crippen LogP contribution in [-0.4, -0.2) is 17.5 Å².